The lowest BCUT2D eigenvalue weighted by molar-refractivity contribution is 0.0427. The smallest absolute Gasteiger partial charge is 0.255 e. The number of rotatable bonds is 4. The van der Waals surface area contributed by atoms with E-state index in [-0.39, 0.29) is 17.4 Å². The van der Waals surface area contributed by atoms with Crippen LogP contribution in [0.1, 0.15) is 29.6 Å². The Hall–Kier alpha value is -2.54. The molecule has 0 unspecified atom stereocenters. The number of carbonyl (C=O) groups is 1. The molecule has 2 aliphatic heterocycles. The van der Waals surface area contributed by atoms with Crippen LogP contribution in [0, 0.1) is 5.41 Å². The monoisotopic (exact) mass is 354 g/mol. The van der Waals surface area contributed by atoms with Crippen LogP contribution in [0.3, 0.4) is 0 Å². The lowest BCUT2D eigenvalue weighted by atomic mass is 9.76. The molecule has 136 valence electrons. The summed E-state index contributed by atoms with van der Waals surface area (Å²) in [4.78, 5) is 18.5. The van der Waals surface area contributed by atoms with Gasteiger partial charge in [-0.2, -0.15) is 10.2 Å². The molecule has 0 N–H and O–H groups in total. The first-order chi connectivity index (χ1) is 12.7. The summed E-state index contributed by atoms with van der Waals surface area (Å²) in [5, 5.41) is 7.52. The van der Waals surface area contributed by atoms with Crippen LogP contribution in [0.25, 0.3) is 0 Å². The summed E-state index contributed by atoms with van der Waals surface area (Å²) in [5.41, 5.74) is 0.761. The minimum atomic E-state index is 0.0325. The van der Waals surface area contributed by atoms with Crippen molar-refractivity contribution < 1.29 is 14.3 Å². The van der Waals surface area contributed by atoms with E-state index in [9.17, 15) is 4.79 Å². The topological polar surface area (TPSA) is 77.4 Å². The van der Waals surface area contributed by atoms with Gasteiger partial charge in [0.1, 0.15) is 12.4 Å². The number of piperidine rings is 1. The number of carbonyl (C=O) groups excluding carboxylic acids is 1. The van der Waals surface area contributed by atoms with Crippen LogP contribution >= 0.6 is 0 Å². The van der Waals surface area contributed by atoms with Crippen LogP contribution in [0.4, 0.5) is 0 Å². The van der Waals surface area contributed by atoms with Gasteiger partial charge < -0.3 is 14.4 Å². The molecule has 0 aliphatic carbocycles. The highest BCUT2D eigenvalue weighted by atomic mass is 16.5. The number of aromatic nitrogens is 3. The fourth-order valence-corrected chi connectivity index (χ4v) is 3.76. The van der Waals surface area contributed by atoms with Gasteiger partial charge in [-0.15, -0.1) is 0 Å². The van der Waals surface area contributed by atoms with E-state index < -0.39 is 0 Å². The van der Waals surface area contributed by atoms with Crippen LogP contribution in [0.2, 0.25) is 0 Å². The molecule has 0 aromatic carbocycles. The number of likely N-dealkylation sites (tertiary alicyclic amines) is 1. The molecule has 1 atom stereocenters. The molecule has 26 heavy (non-hydrogen) atoms. The van der Waals surface area contributed by atoms with E-state index in [0.29, 0.717) is 12.2 Å². The second kappa shape index (κ2) is 7.37. The second-order valence-electron chi connectivity index (χ2n) is 7.06. The van der Waals surface area contributed by atoms with Crippen LogP contribution < -0.4 is 4.74 Å². The third-order valence-corrected chi connectivity index (χ3v) is 5.30. The van der Waals surface area contributed by atoms with Gasteiger partial charge in [0.05, 0.1) is 36.9 Å². The van der Waals surface area contributed by atoms with Gasteiger partial charge in [-0.1, -0.05) is 0 Å². The van der Waals surface area contributed by atoms with Gasteiger partial charge >= 0.3 is 0 Å². The Labute approximate surface area is 152 Å². The minimum Gasteiger partial charge on any atom is -0.489 e. The summed E-state index contributed by atoms with van der Waals surface area (Å²) in [6.45, 7) is 2.78. The van der Waals surface area contributed by atoms with Crippen molar-refractivity contribution in [3.05, 3.63) is 48.5 Å². The highest BCUT2D eigenvalue weighted by Gasteiger charge is 2.43. The van der Waals surface area contributed by atoms with E-state index in [1.54, 1.807) is 24.7 Å². The predicted molar refractivity (Wildman–Crippen MR) is 93.7 cm³/mol. The summed E-state index contributed by atoms with van der Waals surface area (Å²) in [5.74, 6) is 0.800. The van der Waals surface area contributed by atoms with Gasteiger partial charge in [0.25, 0.3) is 5.91 Å². The van der Waals surface area contributed by atoms with Crippen molar-refractivity contribution in [2.24, 2.45) is 5.41 Å². The summed E-state index contributed by atoms with van der Waals surface area (Å²) in [6.07, 6.45) is 9.51. The molecule has 2 aromatic rings. The Morgan fingerprint density at radius 3 is 2.85 bits per heavy atom. The van der Waals surface area contributed by atoms with Gasteiger partial charge in [-0.3, -0.25) is 9.78 Å². The maximum Gasteiger partial charge on any atom is 0.255 e. The molecular formula is C19H22N4O3. The largest absolute Gasteiger partial charge is 0.489 e. The highest BCUT2D eigenvalue weighted by Crippen LogP contribution is 2.42. The fraction of sp³-hybridized carbons (Fsp3) is 0.474. The van der Waals surface area contributed by atoms with Gasteiger partial charge in [-0.25, -0.2) is 0 Å². The zero-order valence-corrected chi connectivity index (χ0v) is 14.6. The van der Waals surface area contributed by atoms with Gasteiger partial charge in [-0.05, 0) is 42.9 Å². The van der Waals surface area contributed by atoms with E-state index >= 15 is 0 Å². The molecule has 7 heteroatoms. The number of hydrogen-bond acceptors (Lipinski definition) is 6. The van der Waals surface area contributed by atoms with Crippen LogP contribution in [-0.2, 0) is 4.74 Å². The molecule has 2 saturated heterocycles. The standard InChI is InChI=1S/C19H22N4O3/c24-18(15-3-7-21-22-11-15)23-8-4-19(5-9-23)10-17(26-14-19)13-25-16-2-1-6-20-12-16/h1-3,6-7,11-12,17H,4-5,8-10,13-14H2/t17-/m1/s1. The highest BCUT2D eigenvalue weighted by molar-refractivity contribution is 5.93. The zero-order valence-electron chi connectivity index (χ0n) is 14.6. The lowest BCUT2D eigenvalue weighted by Crippen LogP contribution is -2.43. The normalized spacial score (nSPS) is 21.7. The lowest BCUT2D eigenvalue weighted by Gasteiger charge is -2.38. The third-order valence-electron chi connectivity index (χ3n) is 5.30. The summed E-state index contributed by atoms with van der Waals surface area (Å²) >= 11 is 0. The van der Waals surface area contributed by atoms with E-state index in [4.69, 9.17) is 9.47 Å². The van der Waals surface area contributed by atoms with Crippen molar-refractivity contribution in [2.75, 3.05) is 26.3 Å². The Kier molecular flexibility index (Phi) is 4.79. The molecule has 1 spiro atoms. The zero-order chi connectivity index (χ0) is 17.8. The van der Waals surface area contributed by atoms with Gasteiger partial charge in [0.2, 0.25) is 0 Å². The molecular weight excluding hydrogens is 332 g/mol. The Morgan fingerprint density at radius 2 is 2.12 bits per heavy atom. The van der Waals surface area contributed by atoms with Crippen molar-refractivity contribution >= 4 is 5.91 Å². The molecule has 4 heterocycles. The minimum absolute atomic E-state index is 0.0325. The first-order valence-electron chi connectivity index (χ1n) is 8.95. The van der Waals surface area contributed by atoms with Crippen molar-refractivity contribution in [1.29, 1.82) is 0 Å². The summed E-state index contributed by atoms with van der Waals surface area (Å²) in [6, 6.07) is 5.47. The summed E-state index contributed by atoms with van der Waals surface area (Å²) < 4.78 is 11.8. The van der Waals surface area contributed by atoms with Crippen molar-refractivity contribution in [2.45, 2.75) is 25.4 Å². The maximum atomic E-state index is 12.5. The van der Waals surface area contributed by atoms with E-state index in [2.05, 4.69) is 15.2 Å². The number of hydrogen-bond donors (Lipinski definition) is 0. The van der Waals surface area contributed by atoms with E-state index in [0.717, 1.165) is 44.7 Å². The molecule has 0 radical (unpaired) electrons. The SMILES string of the molecule is O=C(c1ccnnc1)N1CCC2(CC1)CO[C@@H](COc1cccnc1)C2. The molecule has 2 fully saturated rings. The molecule has 7 nitrogen and oxygen atoms in total. The molecule has 0 saturated carbocycles. The third kappa shape index (κ3) is 3.67. The molecule has 4 rings (SSSR count). The number of pyridine rings is 1. The van der Waals surface area contributed by atoms with Crippen molar-refractivity contribution in [3.8, 4) is 5.75 Å². The summed E-state index contributed by atoms with van der Waals surface area (Å²) in [7, 11) is 0. The number of ether oxygens (including phenoxy) is 2. The van der Waals surface area contributed by atoms with Crippen molar-refractivity contribution in [3.63, 3.8) is 0 Å². The molecule has 2 aromatic heterocycles. The van der Waals surface area contributed by atoms with Gasteiger partial charge in [0.15, 0.2) is 0 Å². The van der Waals surface area contributed by atoms with Crippen molar-refractivity contribution in [1.82, 2.24) is 20.1 Å². The predicted octanol–water partition coefficient (Wildman–Crippen LogP) is 1.96. The van der Waals surface area contributed by atoms with Crippen LogP contribution in [0.5, 0.6) is 5.75 Å². The maximum absolute atomic E-state index is 12.5. The first kappa shape index (κ1) is 16.9. The van der Waals surface area contributed by atoms with Crippen LogP contribution in [0.15, 0.2) is 43.0 Å². The average molecular weight is 354 g/mol. The molecule has 2 aliphatic rings. The molecule has 1 amide bonds. The van der Waals surface area contributed by atoms with E-state index in [1.165, 1.54) is 6.20 Å². The number of nitrogens with zero attached hydrogens (tertiary/aromatic N) is 4. The molecule has 0 bridgehead atoms. The van der Waals surface area contributed by atoms with Crippen LogP contribution in [-0.4, -0.2) is 58.4 Å². The fourth-order valence-electron chi connectivity index (χ4n) is 3.76. The number of amides is 1. The average Bonchev–Trinajstić information content (AvgIpc) is 3.10. The van der Waals surface area contributed by atoms with E-state index in [1.807, 2.05) is 17.0 Å². The second-order valence-corrected chi connectivity index (χ2v) is 7.06. The first-order valence-corrected chi connectivity index (χ1v) is 8.95. The Balaban J connectivity index is 1.28. The Morgan fingerprint density at radius 1 is 1.23 bits per heavy atom. The quantitative estimate of drug-likeness (QED) is 0.835. The van der Waals surface area contributed by atoms with Gasteiger partial charge in [0, 0.05) is 19.3 Å². The Bertz CT molecular complexity index is 733.